The lowest BCUT2D eigenvalue weighted by Gasteiger charge is -2.35. The van der Waals surface area contributed by atoms with Gasteiger partial charge in [0.1, 0.15) is 23.7 Å². The monoisotopic (exact) mass is 429 g/mol. The van der Waals surface area contributed by atoms with Crippen molar-refractivity contribution < 1.29 is 9.13 Å². The number of nitrogens with zero attached hydrogens (tertiary/aromatic N) is 5. The van der Waals surface area contributed by atoms with Crippen LogP contribution in [0.5, 0.6) is 11.6 Å². The lowest BCUT2D eigenvalue weighted by Crippen LogP contribution is -2.47. The van der Waals surface area contributed by atoms with Gasteiger partial charge in [-0.3, -0.25) is 9.88 Å². The highest BCUT2D eigenvalue weighted by Crippen LogP contribution is 2.28. The molecule has 5 rings (SSSR count). The molecule has 0 aliphatic carbocycles. The molecule has 0 spiro atoms. The first-order valence-corrected chi connectivity index (χ1v) is 10.8. The lowest BCUT2D eigenvalue weighted by atomic mass is 10.1. The van der Waals surface area contributed by atoms with Crippen LogP contribution >= 0.6 is 0 Å². The van der Waals surface area contributed by atoms with Crippen molar-refractivity contribution in [1.29, 1.82) is 0 Å². The van der Waals surface area contributed by atoms with Crippen LogP contribution in [0, 0.1) is 5.82 Å². The number of halogens is 1. The Balaban J connectivity index is 1.20. The molecule has 1 fully saturated rings. The highest BCUT2D eigenvalue weighted by Gasteiger charge is 2.19. The number of benzene rings is 2. The standard InChI is InChI=1S/C25H24FN5O/c26-20-7-5-19(6-8-20)10-12-30-13-15-31(16-14-30)24-17-25(29-18-28-24)32-23-9-11-27-22-4-2-1-3-21(22)23/h1-9,11,17-18H,10,12-16H2. The van der Waals surface area contributed by atoms with Crippen molar-refractivity contribution in [2.75, 3.05) is 37.6 Å². The van der Waals surface area contributed by atoms with Gasteiger partial charge in [-0.25, -0.2) is 14.4 Å². The van der Waals surface area contributed by atoms with Crippen molar-refractivity contribution >= 4 is 16.7 Å². The zero-order valence-electron chi connectivity index (χ0n) is 17.7. The summed E-state index contributed by atoms with van der Waals surface area (Å²) in [6.07, 6.45) is 4.21. The van der Waals surface area contributed by atoms with Gasteiger partial charge in [-0.2, -0.15) is 0 Å². The van der Waals surface area contributed by atoms with Crippen LogP contribution in [0.4, 0.5) is 10.2 Å². The largest absolute Gasteiger partial charge is 0.438 e. The highest BCUT2D eigenvalue weighted by atomic mass is 19.1. The first kappa shape index (κ1) is 20.3. The third-order valence-electron chi connectivity index (χ3n) is 5.78. The minimum absolute atomic E-state index is 0.187. The van der Waals surface area contributed by atoms with Crippen LogP contribution < -0.4 is 9.64 Å². The second kappa shape index (κ2) is 9.28. The number of ether oxygens (including phenoxy) is 1. The molecule has 6 nitrogen and oxygen atoms in total. The second-order valence-electron chi connectivity index (χ2n) is 7.85. The number of fused-ring (bicyclic) bond motifs is 1. The van der Waals surface area contributed by atoms with Crippen molar-refractivity contribution in [3.8, 4) is 11.6 Å². The molecule has 3 heterocycles. The molecule has 7 heteroatoms. The summed E-state index contributed by atoms with van der Waals surface area (Å²) >= 11 is 0. The van der Waals surface area contributed by atoms with E-state index in [0.717, 1.165) is 67.2 Å². The SMILES string of the molecule is Fc1ccc(CCN2CCN(c3cc(Oc4ccnc5ccccc45)ncn3)CC2)cc1. The topological polar surface area (TPSA) is 54.4 Å². The molecule has 0 atom stereocenters. The Morgan fingerprint density at radius 1 is 0.875 bits per heavy atom. The second-order valence-corrected chi connectivity index (χ2v) is 7.85. The molecule has 2 aromatic heterocycles. The van der Waals surface area contributed by atoms with Gasteiger partial charge >= 0.3 is 0 Å². The molecule has 4 aromatic rings. The van der Waals surface area contributed by atoms with E-state index in [4.69, 9.17) is 4.74 Å². The van der Waals surface area contributed by atoms with E-state index in [2.05, 4.69) is 24.8 Å². The molecule has 0 saturated carbocycles. The Kier molecular flexibility index (Phi) is 5.89. The molecule has 1 saturated heterocycles. The summed E-state index contributed by atoms with van der Waals surface area (Å²) in [5.74, 6) is 1.93. The molecular weight excluding hydrogens is 405 g/mol. The van der Waals surface area contributed by atoms with Crippen LogP contribution in [-0.4, -0.2) is 52.6 Å². The van der Waals surface area contributed by atoms with Gasteiger partial charge in [-0.1, -0.05) is 24.3 Å². The summed E-state index contributed by atoms with van der Waals surface area (Å²) < 4.78 is 19.2. The fraction of sp³-hybridized carbons (Fsp3) is 0.240. The molecule has 0 N–H and O–H groups in total. The average molecular weight is 429 g/mol. The Morgan fingerprint density at radius 2 is 1.69 bits per heavy atom. The Labute approximate surface area is 186 Å². The van der Waals surface area contributed by atoms with Crippen LogP contribution in [0.15, 0.2) is 73.2 Å². The Morgan fingerprint density at radius 3 is 2.53 bits per heavy atom. The summed E-state index contributed by atoms with van der Waals surface area (Å²) in [6, 6.07) is 18.4. The normalized spacial score (nSPS) is 14.6. The third kappa shape index (κ3) is 4.68. The van der Waals surface area contributed by atoms with Gasteiger partial charge in [-0.15, -0.1) is 0 Å². The van der Waals surface area contributed by atoms with E-state index < -0.39 is 0 Å². The molecular formula is C25H24FN5O. The minimum atomic E-state index is -0.187. The van der Waals surface area contributed by atoms with Crippen LogP contribution in [0.1, 0.15) is 5.56 Å². The van der Waals surface area contributed by atoms with E-state index in [0.29, 0.717) is 5.88 Å². The predicted octanol–water partition coefficient (Wildman–Crippen LogP) is 4.32. The number of pyridine rings is 1. The smallest absolute Gasteiger partial charge is 0.224 e. The number of hydrogen-bond donors (Lipinski definition) is 0. The molecule has 0 radical (unpaired) electrons. The zero-order chi connectivity index (χ0) is 21.8. The minimum Gasteiger partial charge on any atom is -0.438 e. The molecule has 1 aliphatic rings. The van der Waals surface area contributed by atoms with E-state index in [1.54, 1.807) is 12.5 Å². The molecule has 162 valence electrons. The van der Waals surface area contributed by atoms with Crippen LogP contribution in [0.3, 0.4) is 0 Å². The Hall–Kier alpha value is -3.58. The number of piperazine rings is 1. The van der Waals surface area contributed by atoms with Crippen LogP contribution in [-0.2, 0) is 6.42 Å². The summed E-state index contributed by atoms with van der Waals surface area (Å²) in [6.45, 7) is 4.65. The highest BCUT2D eigenvalue weighted by molar-refractivity contribution is 5.84. The van der Waals surface area contributed by atoms with E-state index in [-0.39, 0.29) is 5.82 Å². The molecule has 1 aliphatic heterocycles. The van der Waals surface area contributed by atoms with Crippen molar-refractivity contribution in [2.45, 2.75) is 6.42 Å². The zero-order valence-corrected chi connectivity index (χ0v) is 17.7. The van der Waals surface area contributed by atoms with Gasteiger partial charge in [0.2, 0.25) is 5.88 Å². The van der Waals surface area contributed by atoms with Gasteiger partial charge in [0.05, 0.1) is 5.52 Å². The number of hydrogen-bond acceptors (Lipinski definition) is 6. The van der Waals surface area contributed by atoms with Gasteiger partial charge in [0, 0.05) is 50.4 Å². The first-order chi connectivity index (χ1) is 15.7. The Bertz CT molecular complexity index is 1190. The van der Waals surface area contributed by atoms with Crippen molar-refractivity contribution in [2.24, 2.45) is 0 Å². The molecule has 32 heavy (non-hydrogen) atoms. The van der Waals surface area contributed by atoms with E-state index in [9.17, 15) is 4.39 Å². The molecule has 2 aromatic carbocycles. The van der Waals surface area contributed by atoms with E-state index in [1.165, 1.54) is 12.1 Å². The van der Waals surface area contributed by atoms with Gasteiger partial charge < -0.3 is 9.64 Å². The number of aromatic nitrogens is 3. The van der Waals surface area contributed by atoms with Crippen molar-refractivity contribution in [3.63, 3.8) is 0 Å². The fourth-order valence-corrected chi connectivity index (χ4v) is 3.97. The number of rotatable bonds is 6. The van der Waals surface area contributed by atoms with Gasteiger partial charge in [0.15, 0.2) is 0 Å². The summed E-state index contributed by atoms with van der Waals surface area (Å²) in [5, 5.41) is 0.949. The first-order valence-electron chi connectivity index (χ1n) is 10.8. The van der Waals surface area contributed by atoms with E-state index >= 15 is 0 Å². The summed E-state index contributed by atoms with van der Waals surface area (Å²) in [7, 11) is 0. The quantitative estimate of drug-likeness (QED) is 0.455. The van der Waals surface area contributed by atoms with Crippen molar-refractivity contribution in [1.82, 2.24) is 19.9 Å². The third-order valence-corrected chi connectivity index (χ3v) is 5.78. The summed E-state index contributed by atoms with van der Waals surface area (Å²) in [5.41, 5.74) is 2.05. The maximum atomic E-state index is 13.1. The van der Waals surface area contributed by atoms with Crippen LogP contribution in [0.25, 0.3) is 10.9 Å². The number of para-hydroxylation sites is 1. The predicted molar refractivity (Wildman–Crippen MR) is 123 cm³/mol. The maximum absolute atomic E-state index is 13.1. The van der Waals surface area contributed by atoms with Gasteiger partial charge in [-0.05, 0) is 42.3 Å². The average Bonchev–Trinajstić information content (AvgIpc) is 2.84. The van der Waals surface area contributed by atoms with Gasteiger partial charge in [0.25, 0.3) is 0 Å². The molecule has 0 amide bonds. The van der Waals surface area contributed by atoms with Crippen molar-refractivity contribution in [3.05, 3.63) is 84.6 Å². The number of anilines is 1. The lowest BCUT2D eigenvalue weighted by molar-refractivity contribution is 0.260. The fourth-order valence-electron chi connectivity index (χ4n) is 3.97. The molecule has 0 bridgehead atoms. The van der Waals surface area contributed by atoms with E-state index in [1.807, 2.05) is 48.5 Å². The summed E-state index contributed by atoms with van der Waals surface area (Å²) in [4.78, 5) is 17.8. The maximum Gasteiger partial charge on any atom is 0.224 e. The molecule has 0 unspecified atom stereocenters. The van der Waals surface area contributed by atoms with Crippen LogP contribution in [0.2, 0.25) is 0 Å².